The second-order valence-corrected chi connectivity index (χ2v) is 7.41. The Bertz CT molecular complexity index is 820. The topological polar surface area (TPSA) is 29.5 Å². The molecule has 1 heterocycles. The number of morpholine rings is 1. The van der Waals surface area contributed by atoms with Gasteiger partial charge in [0.05, 0.1) is 13.2 Å². The van der Waals surface area contributed by atoms with Crippen molar-refractivity contribution in [3.05, 3.63) is 69.2 Å². The van der Waals surface area contributed by atoms with Crippen molar-refractivity contribution < 1.29 is 9.53 Å². The van der Waals surface area contributed by atoms with Crippen LogP contribution >= 0.6 is 15.9 Å². The molecule has 1 fully saturated rings. The normalized spacial score (nSPS) is 19.2. The second kappa shape index (κ2) is 7.14. The molecule has 2 aromatic rings. The summed E-state index contributed by atoms with van der Waals surface area (Å²) in [5.74, 6) is 0.153. The molecule has 1 aliphatic carbocycles. The summed E-state index contributed by atoms with van der Waals surface area (Å²) in [6, 6.07) is 14.5. The molecule has 2 aliphatic rings. The maximum atomic E-state index is 12.8. The van der Waals surface area contributed by atoms with Crippen LogP contribution in [0.5, 0.6) is 0 Å². The molecule has 4 rings (SSSR count). The van der Waals surface area contributed by atoms with E-state index in [1.54, 1.807) is 0 Å². The minimum Gasteiger partial charge on any atom is -0.378 e. The number of fused-ring (bicyclic) bond motifs is 1. The summed E-state index contributed by atoms with van der Waals surface area (Å²) in [6.07, 6.45) is 3.76. The first-order chi connectivity index (χ1) is 12.2. The van der Waals surface area contributed by atoms with Gasteiger partial charge in [-0.25, -0.2) is 0 Å². The number of Topliss-reactive ketones (excluding diaryl/α,β-unsaturated/α-hetero) is 1. The molecule has 3 nitrogen and oxygen atoms in total. The molecule has 0 bridgehead atoms. The molecule has 0 spiro atoms. The number of carbonyl (C=O) groups excluding carboxylic acids is 1. The van der Waals surface area contributed by atoms with Crippen molar-refractivity contribution in [2.24, 2.45) is 0 Å². The van der Waals surface area contributed by atoms with Crippen molar-refractivity contribution in [3.8, 4) is 0 Å². The number of carbonyl (C=O) groups is 1. The minimum atomic E-state index is 0.153. The maximum Gasteiger partial charge on any atom is 0.189 e. The molecule has 0 N–H and O–H groups in total. The van der Waals surface area contributed by atoms with E-state index < -0.39 is 0 Å². The number of halogens is 1. The average molecular weight is 398 g/mol. The van der Waals surface area contributed by atoms with Crippen LogP contribution in [0.3, 0.4) is 0 Å². The number of allylic oxidation sites excluding steroid dienone is 1. The smallest absolute Gasteiger partial charge is 0.189 e. The van der Waals surface area contributed by atoms with Gasteiger partial charge in [-0.3, -0.25) is 4.79 Å². The SMILES string of the molecule is O=C1C(=Cc2ccc(N3CCOCC3)cc2)CCc2ccc(Br)cc21. The van der Waals surface area contributed by atoms with Crippen LogP contribution in [0.4, 0.5) is 5.69 Å². The molecular weight excluding hydrogens is 378 g/mol. The number of nitrogens with zero attached hydrogens (tertiary/aromatic N) is 1. The quantitative estimate of drug-likeness (QED) is 0.698. The fourth-order valence-corrected chi connectivity index (χ4v) is 3.84. The fraction of sp³-hybridized carbons (Fsp3) is 0.286. The Kier molecular flexibility index (Phi) is 4.73. The molecule has 128 valence electrons. The predicted molar refractivity (Wildman–Crippen MR) is 104 cm³/mol. The van der Waals surface area contributed by atoms with Gasteiger partial charge in [0.2, 0.25) is 0 Å². The number of anilines is 1. The Labute approximate surface area is 156 Å². The molecule has 0 unspecified atom stereocenters. The highest BCUT2D eigenvalue weighted by atomic mass is 79.9. The largest absolute Gasteiger partial charge is 0.378 e. The van der Waals surface area contributed by atoms with Crippen molar-refractivity contribution in [2.45, 2.75) is 12.8 Å². The highest BCUT2D eigenvalue weighted by Gasteiger charge is 2.22. The van der Waals surface area contributed by atoms with E-state index in [1.807, 2.05) is 24.3 Å². The number of hydrogen-bond donors (Lipinski definition) is 0. The van der Waals surface area contributed by atoms with E-state index in [4.69, 9.17) is 4.74 Å². The zero-order chi connectivity index (χ0) is 17.2. The van der Waals surface area contributed by atoms with E-state index in [2.05, 4.69) is 45.1 Å². The van der Waals surface area contributed by atoms with E-state index in [9.17, 15) is 4.79 Å². The molecular formula is C21H20BrNO2. The Balaban J connectivity index is 1.55. The first kappa shape index (κ1) is 16.6. The predicted octanol–water partition coefficient (Wildman–Crippen LogP) is 4.50. The zero-order valence-corrected chi connectivity index (χ0v) is 15.6. The standard InChI is InChI=1S/C21H20BrNO2/c22-18-6-5-16-3-4-17(21(24)20(16)14-18)13-15-1-7-19(8-2-15)23-9-11-25-12-10-23/h1-2,5-8,13-14H,3-4,9-12H2. The van der Waals surface area contributed by atoms with Gasteiger partial charge >= 0.3 is 0 Å². The summed E-state index contributed by atoms with van der Waals surface area (Å²) in [4.78, 5) is 15.1. The van der Waals surface area contributed by atoms with Crippen molar-refractivity contribution >= 4 is 33.5 Å². The van der Waals surface area contributed by atoms with E-state index in [0.29, 0.717) is 0 Å². The molecule has 0 atom stereocenters. The third-order valence-corrected chi connectivity index (χ3v) is 5.38. The van der Waals surface area contributed by atoms with Crippen LogP contribution in [0, 0.1) is 0 Å². The number of hydrogen-bond acceptors (Lipinski definition) is 3. The van der Waals surface area contributed by atoms with Crippen molar-refractivity contribution in [2.75, 3.05) is 31.2 Å². The van der Waals surface area contributed by atoms with E-state index >= 15 is 0 Å². The molecule has 0 saturated carbocycles. The summed E-state index contributed by atoms with van der Waals surface area (Å²) < 4.78 is 6.36. The Hall–Kier alpha value is -1.91. The summed E-state index contributed by atoms with van der Waals surface area (Å²) in [5, 5.41) is 0. The maximum absolute atomic E-state index is 12.8. The highest BCUT2D eigenvalue weighted by molar-refractivity contribution is 9.10. The van der Waals surface area contributed by atoms with Gasteiger partial charge in [0.25, 0.3) is 0 Å². The summed E-state index contributed by atoms with van der Waals surface area (Å²) in [6.45, 7) is 3.44. The monoisotopic (exact) mass is 397 g/mol. The van der Waals surface area contributed by atoms with Gasteiger partial charge in [-0.05, 0) is 54.3 Å². The highest BCUT2D eigenvalue weighted by Crippen LogP contribution is 2.29. The third-order valence-electron chi connectivity index (χ3n) is 4.88. The lowest BCUT2D eigenvalue weighted by molar-refractivity contribution is 0.102. The van der Waals surface area contributed by atoms with Crippen molar-refractivity contribution in [3.63, 3.8) is 0 Å². The Morgan fingerprint density at radius 1 is 1.00 bits per heavy atom. The zero-order valence-electron chi connectivity index (χ0n) is 14.0. The van der Waals surface area contributed by atoms with Gasteiger partial charge in [0, 0.05) is 34.4 Å². The first-order valence-electron chi connectivity index (χ1n) is 8.67. The number of benzene rings is 2. The lowest BCUT2D eigenvalue weighted by Gasteiger charge is -2.28. The molecule has 0 aromatic heterocycles. The molecule has 25 heavy (non-hydrogen) atoms. The number of ether oxygens (including phenoxy) is 1. The van der Waals surface area contributed by atoms with Crippen LogP contribution in [-0.2, 0) is 11.2 Å². The lowest BCUT2D eigenvalue weighted by atomic mass is 9.86. The van der Waals surface area contributed by atoms with Gasteiger partial charge in [-0.2, -0.15) is 0 Å². The number of ketones is 1. The summed E-state index contributed by atoms with van der Waals surface area (Å²) in [7, 11) is 0. The number of aryl methyl sites for hydroxylation is 1. The van der Waals surface area contributed by atoms with Gasteiger partial charge < -0.3 is 9.64 Å². The van der Waals surface area contributed by atoms with Crippen LogP contribution in [0.1, 0.15) is 27.9 Å². The molecule has 1 aliphatic heterocycles. The van der Waals surface area contributed by atoms with Gasteiger partial charge in [-0.1, -0.05) is 34.1 Å². The molecule has 4 heteroatoms. The van der Waals surface area contributed by atoms with Crippen LogP contribution in [0.15, 0.2) is 52.5 Å². The Morgan fingerprint density at radius 3 is 2.52 bits per heavy atom. The van der Waals surface area contributed by atoms with E-state index in [1.165, 1.54) is 5.69 Å². The van der Waals surface area contributed by atoms with Crippen LogP contribution < -0.4 is 4.90 Å². The summed E-state index contributed by atoms with van der Waals surface area (Å²) >= 11 is 3.47. The average Bonchev–Trinajstić information content (AvgIpc) is 2.66. The minimum absolute atomic E-state index is 0.153. The van der Waals surface area contributed by atoms with Crippen LogP contribution in [-0.4, -0.2) is 32.1 Å². The molecule has 0 amide bonds. The Morgan fingerprint density at radius 2 is 1.76 bits per heavy atom. The molecule has 2 aromatic carbocycles. The summed E-state index contributed by atoms with van der Waals surface area (Å²) in [5.41, 5.74) is 5.17. The van der Waals surface area contributed by atoms with Crippen LogP contribution in [0.25, 0.3) is 6.08 Å². The first-order valence-corrected chi connectivity index (χ1v) is 9.46. The third kappa shape index (κ3) is 3.55. The lowest BCUT2D eigenvalue weighted by Crippen LogP contribution is -2.36. The van der Waals surface area contributed by atoms with Crippen molar-refractivity contribution in [1.82, 2.24) is 0 Å². The van der Waals surface area contributed by atoms with Crippen molar-refractivity contribution in [1.29, 1.82) is 0 Å². The van der Waals surface area contributed by atoms with E-state index in [-0.39, 0.29) is 5.78 Å². The van der Waals surface area contributed by atoms with E-state index in [0.717, 1.165) is 65.9 Å². The second-order valence-electron chi connectivity index (χ2n) is 6.49. The van der Waals surface area contributed by atoms with Gasteiger partial charge in [-0.15, -0.1) is 0 Å². The fourth-order valence-electron chi connectivity index (χ4n) is 3.48. The van der Waals surface area contributed by atoms with Gasteiger partial charge in [0.1, 0.15) is 0 Å². The molecule has 0 radical (unpaired) electrons. The molecule has 1 saturated heterocycles. The van der Waals surface area contributed by atoms with Crippen LogP contribution in [0.2, 0.25) is 0 Å². The number of rotatable bonds is 2. The van der Waals surface area contributed by atoms with Gasteiger partial charge in [0.15, 0.2) is 5.78 Å².